The van der Waals surface area contributed by atoms with Crippen LogP contribution in [0.5, 0.6) is 5.75 Å². The van der Waals surface area contributed by atoms with Crippen LogP contribution in [-0.4, -0.2) is 42.5 Å². The van der Waals surface area contributed by atoms with E-state index in [9.17, 15) is 17.6 Å². The summed E-state index contributed by atoms with van der Waals surface area (Å²) in [5, 5.41) is -0.503. The van der Waals surface area contributed by atoms with E-state index in [4.69, 9.17) is 4.74 Å². The minimum absolute atomic E-state index is 0. The fourth-order valence-electron chi connectivity index (χ4n) is 2.71. The van der Waals surface area contributed by atoms with Crippen molar-refractivity contribution in [1.29, 1.82) is 0 Å². The Bertz CT molecular complexity index is 957. The minimum atomic E-state index is -3.71. The number of carbonyl (C=O) groups excluding carboxylic acids is 1. The third-order valence-corrected chi connectivity index (χ3v) is 6.88. The Morgan fingerprint density at radius 3 is 2.40 bits per heavy atom. The second-order valence-corrected chi connectivity index (χ2v) is 8.74. The molecule has 1 unspecified atom stereocenters. The molecule has 1 aromatic carbocycles. The third-order valence-electron chi connectivity index (χ3n) is 4.66. The molecule has 1 aliphatic rings. The molecule has 0 radical (unpaired) electrons. The Morgan fingerprint density at radius 2 is 1.90 bits per heavy atom. The molecular formula is C19H22FLiN3O5S-. The van der Waals surface area contributed by atoms with Crippen molar-refractivity contribution in [2.24, 2.45) is 0 Å². The third kappa shape index (κ3) is 5.38. The molecular weight excluding hydrogens is 408 g/mol. The van der Waals surface area contributed by atoms with E-state index in [2.05, 4.69) is 9.97 Å². The molecule has 2 aromatic rings. The van der Waals surface area contributed by atoms with E-state index in [1.807, 2.05) is 0 Å². The zero-order valence-corrected chi connectivity index (χ0v) is 17.9. The first kappa shape index (κ1) is 26.0. The van der Waals surface area contributed by atoms with Crippen LogP contribution in [0, 0.1) is 0 Å². The molecule has 30 heavy (non-hydrogen) atoms. The summed E-state index contributed by atoms with van der Waals surface area (Å²) >= 11 is 0. The molecule has 1 heterocycles. The van der Waals surface area contributed by atoms with E-state index in [1.165, 1.54) is 25.5 Å². The van der Waals surface area contributed by atoms with Crippen molar-refractivity contribution < 1.29 is 46.7 Å². The predicted octanol–water partition coefficient (Wildman–Crippen LogP) is -0.504. The summed E-state index contributed by atoms with van der Waals surface area (Å²) in [5.74, 6) is 0.483. The van der Waals surface area contributed by atoms with Crippen molar-refractivity contribution in [3.8, 4) is 5.75 Å². The summed E-state index contributed by atoms with van der Waals surface area (Å²) in [6.07, 6.45) is 3.57. The van der Waals surface area contributed by atoms with Crippen LogP contribution < -0.4 is 27.9 Å². The quantitative estimate of drug-likeness (QED) is 0.388. The number of hydrogen-bond acceptors (Lipinski definition) is 7. The number of hydrogen-bond donors (Lipinski definition) is 0. The molecule has 0 amide bonds. The molecule has 1 aromatic heterocycles. The number of benzene rings is 1. The van der Waals surface area contributed by atoms with Crippen LogP contribution in [0.25, 0.3) is 0 Å². The average molecular weight is 430 g/mol. The normalized spacial score (nSPS) is 15.2. The van der Waals surface area contributed by atoms with Gasteiger partial charge in [-0.25, -0.2) is 29.0 Å². The maximum atomic E-state index is 14.7. The molecule has 0 saturated heterocycles. The monoisotopic (exact) mass is 430 g/mol. The predicted molar refractivity (Wildman–Crippen MR) is 104 cm³/mol. The first-order valence-electron chi connectivity index (χ1n) is 8.90. The van der Waals surface area contributed by atoms with Gasteiger partial charge in [0, 0.05) is 6.20 Å². The van der Waals surface area contributed by atoms with Crippen molar-refractivity contribution in [2.45, 2.75) is 43.6 Å². The fraction of sp³-hybridized carbons (Fsp3) is 0.421. The second kappa shape index (κ2) is 10.4. The van der Waals surface area contributed by atoms with Gasteiger partial charge in [-0.15, -0.1) is 0 Å². The molecule has 11 heteroatoms. The number of halogens is 1. The molecule has 1 N–H and O–H groups in total. The number of ether oxygens (including phenoxy) is 1. The van der Waals surface area contributed by atoms with Gasteiger partial charge in [0.15, 0.2) is 0 Å². The number of nitrogens with zero attached hydrogens (tertiary/aromatic N) is 3. The Morgan fingerprint density at radius 1 is 1.27 bits per heavy atom. The van der Waals surface area contributed by atoms with Crippen LogP contribution in [0.4, 0.5) is 10.3 Å². The molecule has 1 saturated carbocycles. The van der Waals surface area contributed by atoms with E-state index in [-0.39, 0.29) is 48.9 Å². The smallest absolute Gasteiger partial charge is 0.870 e. The molecule has 0 aliphatic heterocycles. The summed E-state index contributed by atoms with van der Waals surface area (Å²) in [7, 11) is -2.17. The van der Waals surface area contributed by atoms with Crippen LogP contribution in [0.15, 0.2) is 36.5 Å². The number of alkyl halides is 1. The van der Waals surface area contributed by atoms with Crippen LogP contribution in [0.1, 0.15) is 37.4 Å². The van der Waals surface area contributed by atoms with Gasteiger partial charge in [-0.3, -0.25) is 4.39 Å². The van der Waals surface area contributed by atoms with E-state index in [0.29, 0.717) is 24.2 Å². The summed E-state index contributed by atoms with van der Waals surface area (Å²) in [6.45, 7) is 1.48. The summed E-state index contributed by atoms with van der Waals surface area (Å²) < 4.78 is 46.8. The van der Waals surface area contributed by atoms with E-state index < -0.39 is 20.9 Å². The van der Waals surface area contributed by atoms with Gasteiger partial charge in [-0.2, -0.15) is 0 Å². The Labute approximate surface area is 187 Å². The second-order valence-electron chi connectivity index (χ2n) is 6.60. The number of anilines is 1. The van der Waals surface area contributed by atoms with E-state index >= 15 is 0 Å². The van der Waals surface area contributed by atoms with Gasteiger partial charge >= 0.3 is 18.9 Å². The van der Waals surface area contributed by atoms with Gasteiger partial charge in [-0.05, 0) is 43.0 Å². The average Bonchev–Trinajstić information content (AvgIpc) is 3.58. The number of rotatable bonds is 9. The Balaban J connectivity index is 0.00000225. The van der Waals surface area contributed by atoms with Crippen LogP contribution in [0.3, 0.4) is 0 Å². The van der Waals surface area contributed by atoms with Gasteiger partial charge in [0.05, 0.1) is 30.3 Å². The van der Waals surface area contributed by atoms with Crippen molar-refractivity contribution >= 4 is 22.3 Å². The van der Waals surface area contributed by atoms with Gasteiger partial charge in [0.2, 0.25) is 16.0 Å². The topological polar surface area (TPSA) is 119 Å². The van der Waals surface area contributed by atoms with Crippen molar-refractivity contribution in [2.75, 3.05) is 11.4 Å². The summed E-state index contributed by atoms with van der Waals surface area (Å²) in [6, 6.07) is 8.18. The SMILES string of the molecule is CCC(F)([C-]=O)c1ccnc(N(Cc2ccc(OC)cc2)S(=O)(=O)C2CC2)n1.[Li+].[OH-]. The molecule has 1 fully saturated rings. The molecule has 0 spiro atoms. The zero-order valence-electron chi connectivity index (χ0n) is 17.1. The minimum Gasteiger partial charge on any atom is -0.870 e. The van der Waals surface area contributed by atoms with Crippen molar-refractivity contribution in [1.82, 2.24) is 9.97 Å². The molecule has 8 nitrogen and oxygen atoms in total. The Hall–Kier alpha value is -1.99. The molecule has 158 valence electrons. The number of aromatic nitrogens is 2. The standard InChI is InChI=1S/C19H21FN3O4S.Li.H2O/c1-3-19(20,13-24)17-10-11-21-18(22-17)23(28(25,26)16-8-9-16)12-14-4-6-15(27-2)7-5-14;;/h4-7,10-11,16H,3,8-9,12H2,1-2H3;;1H2/q-1;+1;/p-1. The van der Waals surface area contributed by atoms with E-state index in [0.717, 1.165) is 4.31 Å². The number of sulfonamides is 1. The summed E-state index contributed by atoms with van der Waals surface area (Å²) in [4.78, 5) is 19.2. The van der Waals surface area contributed by atoms with E-state index in [1.54, 1.807) is 31.4 Å². The van der Waals surface area contributed by atoms with Gasteiger partial charge in [0.1, 0.15) is 5.75 Å². The van der Waals surface area contributed by atoms with Crippen molar-refractivity contribution in [3.05, 3.63) is 47.8 Å². The number of methoxy groups -OCH3 is 1. The zero-order chi connectivity index (χ0) is 20.4. The van der Waals surface area contributed by atoms with Crippen LogP contribution >= 0.6 is 0 Å². The van der Waals surface area contributed by atoms with Crippen molar-refractivity contribution in [3.63, 3.8) is 0 Å². The van der Waals surface area contributed by atoms with Crippen LogP contribution in [-0.2, 0) is 27.0 Å². The van der Waals surface area contributed by atoms with Crippen LogP contribution in [0.2, 0.25) is 0 Å². The molecule has 3 rings (SSSR count). The van der Waals surface area contributed by atoms with Gasteiger partial charge < -0.3 is 15.0 Å². The largest absolute Gasteiger partial charge is 1.00 e. The first-order chi connectivity index (χ1) is 13.3. The maximum Gasteiger partial charge on any atom is 1.00 e. The van der Waals surface area contributed by atoms with Gasteiger partial charge in [-0.1, -0.05) is 19.1 Å². The molecule has 0 bridgehead atoms. The first-order valence-corrected chi connectivity index (χ1v) is 10.4. The molecule has 1 aliphatic carbocycles. The molecule has 1 atom stereocenters. The van der Waals surface area contributed by atoms with Gasteiger partial charge in [0.25, 0.3) is 0 Å². The summed E-state index contributed by atoms with van der Waals surface area (Å²) in [5.41, 5.74) is -1.92. The Kier molecular flexibility index (Phi) is 8.99. The fourth-order valence-corrected chi connectivity index (χ4v) is 4.45. The maximum absolute atomic E-state index is 14.7.